The Bertz CT molecular complexity index is 915. The molecule has 0 aliphatic rings. The third kappa shape index (κ3) is 2.65. The van der Waals surface area contributed by atoms with Gasteiger partial charge in [0, 0.05) is 17.1 Å². The maximum absolute atomic E-state index is 12.3. The van der Waals surface area contributed by atoms with Crippen LogP contribution < -0.4 is 14.2 Å². The second kappa shape index (κ2) is 6.76. The van der Waals surface area contributed by atoms with Crippen molar-refractivity contribution in [2.24, 2.45) is 0 Å². The molecular weight excluding hydrogens is 322 g/mol. The van der Waals surface area contributed by atoms with Crippen LogP contribution in [0.5, 0.6) is 17.2 Å². The first kappa shape index (κ1) is 16.7. The van der Waals surface area contributed by atoms with E-state index >= 15 is 0 Å². The summed E-state index contributed by atoms with van der Waals surface area (Å²) >= 11 is 0. The lowest BCUT2D eigenvalue weighted by atomic mass is 10.2. The number of esters is 1. The van der Waals surface area contributed by atoms with Crippen molar-refractivity contribution in [2.75, 3.05) is 28.4 Å². The average Bonchev–Trinajstić information content (AvgIpc) is 3.05. The van der Waals surface area contributed by atoms with E-state index in [1.54, 1.807) is 27.4 Å². The highest BCUT2D eigenvalue weighted by Gasteiger charge is 2.24. The van der Waals surface area contributed by atoms with E-state index in [-0.39, 0.29) is 0 Å². The molecule has 0 N–H and O–H groups in total. The van der Waals surface area contributed by atoms with Crippen molar-refractivity contribution in [3.8, 4) is 22.9 Å². The highest BCUT2D eigenvalue weighted by atomic mass is 16.5. The Labute approximate surface area is 145 Å². The molecule has 0 bridgehead atoms. The molecule has 130 valence electrons. The van der Waals surface area contributed by atoms with E-state index < -0.39 is 5.97 Å². The summed E-state index contributed by atoms with van der Waals surface area (Å²) in [5.74, 6) is 1.04. The Morgan fingerprint density at radius 2 is 1.56 bits per heavy atom. The van der Waals surface area contributed by atoms with Crippen molar-refractivity contribution in [3.05, 3.63) is 48.2 Å². The number of methoxy groups -OCH3 is 4. The lowest BCUT2D eigenvalue weighted by Crippen LogP contribution is -2.08. The van der Waals surface area contributed by atoms with Gasteiger partial charge in [0.2, 0.25) is 5.75 Å². The zero-order chi connectivity index (χ0) is 18.0. The molecule has 0 unspecified atom stereocenters. The monoisotopic (exact) mass is 341 g/mol. The molecule has 1 heterocycles. The minimum Gasteiger partial charge on any atom is -0.493 e. The molecule has 0 spiro atoms. The minimum absolute atomic E-state index is 0.386. The van der Waals surface area contributed by atoms with Gasteiger partial charge in [0.05, 0.1) is 34.0 Å². The standard InChI is InChI=1S/C19H19NO5/c1-22-16-11-14-13(17(23-2)18(16)24-3)10-15(19(21)25-4)20(14)12-8-6-5-7-9-12/h5-11H,1-4H3. The van der Waals surface area contributed by atoms with Gasteiger partial charge in [-0.15, -0.1) is 0 Å². The fraction of sp³-hybridized carbons (Fsp3) is 0.211. The van der Waals surface area contributed by atoms with Crippen molar-refractivity contribution in [1.82, 2.24) is 4.57 Å². The molecule has 1 aromatic heterocycles. The van der Waals surface area contributed by atoms with Gasteiger partial charge in [-0.25, -0.2) is 4.79 Å². The van der Waals surface area contributed by atoms with Crippen LogP contribution >= 0.6 is 0 Å². The average molecular weight is 341 g/mol. The van der Waals surface area contributed by atoms with Gasteiger partial charge in [-0.3, -0.25) is 0 Å². The second-order valence-corrected chi connectivity index (χ2v) is 5.27. The van der Waals surface area contributed by atoms with Crippen LogP contribution in [-0.2, 0) is 4.74 Å². The van der Waals surface area contributed by atoms with Gasteiger partial charge in [-0.2, -0.15) is 0 Å². The number of fused-ring (bicyclic) bond motifs is 1. The second-order valence-electron chi connectivity index (χ2n) is 5.27. The van der Waals surface area contributed by atoms with Gasteiger partial charge in [-0.1, -0.05) is 18.2 Å². The lowest BCUT2D eigenvalue weighted by Gasteiger charge is -2.14. The molecule has 0 saturated heterocycles. The lowest BCUT2D eigenvalue weighted by molar-refractivity contribution is 0.0592. The number of aromatic nitrogens is 1. The van der Waals surface area contributed by atoms with E-state index in [0.717, 1.165) is 16.6 Å². The van der Waals surface area contributed by atoms with E-state index in [9.17, 15) is 4.79 Å². The number of ether oxygens (including phenoxy) is 4. The summed E-state index contributed by atoms with van der Waals surface area (Å²) in [7, 11) is 6.00. The smallest absolute Gasteiger partial charge is 0.355 e. The summed E-state index contributed by atoms with van der Waals surface area (Å²) in [5, 5.41) is 0.726. The van der Waals surface area contributed by atoms with Crippen molar-refractivity contribution >= 4 is 16.9 Å². The number of benzene rings is 2. The van der Waals surface area contributed by atoms with Crippen LogP contribution in [0.3, 0.4) is 0 Å². The van der Waals surface area contributed by atoms with Crippen LogP contribution in [-0.4, -0.2) is 39.0 Å². The number of hydrogen-bond donors (Lipinski definition) is 0. The SMILES string of the molecule is COC(=O)c1cc2c(OC)c(OC)c(OC)cc2n1-c1ccccc1. The first-order chi connectivity index (χ1) is 12.2. The van der Waals surface area contributed by atoms with Crippen LogP contribution in [0.1, 0.15) is 10.5 Å². The van der Waals surface area contributed by atoms with E-state index in [4.69, 9.17) is 18.9 Å². The van der Waals surface area contributed by atoms with E-state index in [1.807, 2.05) is 41.0 Å². The quantitative estimate of drug-likeness (QED) is 0.665. The molecule has 6 heteroatoms. The third-order valence-corrected chi connectivity index (χ3v) is 4.02. The van der Waals surface area contributed by atoms with Crippen molar-refractivity contribution in [1.29, 1.82) is 0 Å². The number of nitrogens with zero attached hydrogens (tertiary/aromatic N) is 1. The van der Waals surface area contributed by atoms with Gasteiger partial charge in [0.25, 0.3) is 0 Å². The number of carbonyl (C=O) groups is 1. The molecule has 3 aromatic rings. The Kier molecular flexibility index (Phi) is 4.52. The van der Waals surface area contributed by atoms with E-state index in [0.29, 0.717) is 22.9 Å². The molecule has 0 fully saturated rings. The summed E-state index contributed by atoms with van der Waals surface area (Å²) in [4.78, 5) is 12.3. The van der Waals surface area contributed by atoms with Gasteiger partial charge >= 0.3 is 5.97 Å². The summed E-state index contributed by atoms with van der Waals surface area (Å²) in [5.41, 5.74) is 1.96. The zero-order valence-corrected chi connectivity index (χ0v) is 14.5. The molecule has 0 atom stereocenters. The van der Waals surface area contributed by atoms with Gasteiger partial charge < -0.3 is 23.5 Å². The number of hydrogen-bond acceptors (Lipinski definition) is 5. The van der Waals surface area contributed by atoms with Crippen LogP contribution in [0.4, 0.5) is 0 Å². The molecule has 0 saturated carbocycles. The Morgan fingerprint density at radius 1 is 0.880 bits per heavy atom. The Hall–Kier alpha value is -3.15. The predicted octanol–water partition coefficient (Wildman–Crippen LogP) is 3.44. The summed E-state index contributed by atoms with van der Waals surface area (Å²) < 4.78 is 23.2. The van der Waals surface area contributed by atoms with Crippen molar-refractivity contribution in [3.63, 3.8) is 0 Å². The van der Waals surface area contributed by atoms with Crippen LogP contribution in [0.25, 0.3) is 16.6 Å². The molecule has 0 amide bonds. The zero-order valence-electron chi connectivity index (χ0n) is 14.5. The molecule has 2 aromatic carbocycles. The van der Waals surface area contributed by atoms with Crippen molar-refractivity contribution in [2.45, 2.75) is 0 Å². The molecule has 0 aliphatic heterocycles. The van der Waals surface area contributed by atoms with Gasteiger partial charge in [0.1, 0.15) is 5.69 Å². The fourth-order valence-corrected chi connectivity index (χ4v) is 2.93. The van der Waals surface area contributed by atoms with E-state index in [2.05, 4.69) is 0 Å². The normalized spacial score (nSPS) is 10.6. The first-order valence-corrected chi connectivity index (χ1v) is 7.64. The number of carbonyl (C=O) groups excluding carboxylic acids is 1. The Balaban J connectivity index is 2.45. The fourth-order valence-electron chi connectivity index (χ4n) is 2.93. The first-order valence-electron chi connectivity index (χ1n) is 7.64. The van der Waals surface area contributed by atoms with Gasteiger partial charge in [0.15, 0.2) is 11.5 Å². The number of para-hydroxylation sites is 1. The molecule has 25 heavy (non-hydrogen) atoms. The largest absolute Gasteiger partial charge is 0.493 e. The molecule has 3 rings (SSSR count). The van der Waals surface area contributed by atoms with Gasteiger partial charge in [-0.05, 0) is 18.2 Å². The molecule has 6 nitrogen and oxygen atoms in total. The highest BCUT2D eigenvalue weighted by molar-refractivity contribution is 6.01. The van der Waals surface area contributed by atoms with E-state index in [1.165, 1.54) is 7.11 Å². The Morgan fingerprint density at radius 3 is 2.12 bits per heavy atom. The third-order valence-electron chi connectivity index (χ3n) is 4.02. The summed E-state index contributed by atoms with van der Waals surface area (Å²) in [6.45, 7) is 0. The maximum atomic E-state index is 12.3. The maximum Gasteiger partial charge on any atom is 0.355 e. The molecular formula is C19H19NO5. The summed E-state index contributed by atoms with van der Waals surface area (Å²) in [6.07, 6.45) is 0. The predicted molar refractivity (Wildman–Crippen MR) is 94.3 cm³/mol. The minimum atomic E-state index is -0.444. The topological polar surface area (TPSA) is 58.9 Å². The van der Waals surface area contributed by atoms with Crippen LogP contribution in [0, 0.1) is 0 Å². The summed E-state index contributed by atoms with van der Waals surface area (Å²) in [6, 6.07) is 13.1. The van der Waals surface area contributed by atoms with Crippen LogP contribution in [0.15, 0.2) is 42.5 Å². The van der Waals surface area contributed by atoms with Crippen LogP contribution in [0.2, 0.25) is 0 Å². The molecule has 0 radical (unpaired) electrons. The highest BCUT2D eigenvalue weighted by Crippen LogP contribution is 2.45. The number of rotatable bonds is 5. The van der Waals surface area contributed by atoms with Crippen molar-refractivity contribution < 1.29 is 23.7 Å². The molecule has 0 aliphatic carbocycles.